The molecule has 0 aliphatic carbocycles. The Morgan fingerprint density at radius 2 is 1.93 bits per heavy atom. The molecule has 1 aromatic heterocycles. The number of nitrogens with zero attached hydrogens (tertiary/aromatic N) is 3. The number of piperidine rings is 1. The maximum Gasteiger partial charge on any atom is 0.314 e. The number of fused-ring (bicyclic) bond motifs is 6. The molecule has 8 rings (SSSR count). The SMILES string of the molecule is CC(C)(C)C(=O)OCOc1c2n(ccc1=O)N(C1c3ccccc3SCc3cccc(F)c31)[C@@H]1[C@H]3C[C@@H]4CC[C@@]3(CCN1C2=O)O4. The molecule has 3 saturated heterocycles. The van der Waals surface area contributed by atoms with Gasteiger partial charge in [-0.1, -0.05) is 30.3 Å². The first-order valence-corrected chi connectivity index (χ1v) is 16.9. The number of benzene rings is 2. The number of hydrogen-bond acceptors (Lipinski definition) is 8. The van der Waals surface area contributed by atoms with Gasteiger partial charge in [0, 0.05) is 40.9 Å². The Bertz CT molecular complexity index is 1820. The summed E-state index contributed by atoms with van der Waals surface area (Å²) in [6.07, 6.45) is 4.63. The second-order valence-electron chi connectivity index (χ2n) is 13.9. The van der Waals surface area contributed by atoms with Gasteiger partial charge in [-0.25, -0.2) is 4.39 Å². The lowest BCUT2D eigenvalue weighted by Gasteiger charge is -2.57. The molecule has 5 aliphatic rings. The lowest BCUT2D eigenvalue weighted by atomic mass is 9.71. The van der Waals surface area contributed by atoms with Crippen molar-refractivity contribution in [1.29, 1.82) is 0 Å². The molecule has 1 amide bonds. The van der Waals surface area contributed by atoms with E-state index in [4.69, 9.17) is 14.2 Å². The van der Waals surface area contributed by atoms with Gasteiger partial charge in [-0.2, -0.15) is 0 Å². The number of esters is 1. The summed E-state index contributed by atoms with van der Waals surface area (Å²) in [6.45, 7) is 5.05. The first kappa shape index (κ1) is 29.6. The van der Waals surface area contributed by atoms with Crippen molar-refractivity contribution in [1.82, 2.24) is 9.58 Å². The van der Waals surface area contributed by atoms with Crippen molar-refractivity contribution in [2.45, 2.75) is 81.0 Å². The highest BCUT2D eigenvalue weighted by Crippen LogP contribution is 2.57. The number of carbonyl (C=O) groups excluding carboxylic acids is 2. The third-order valence-electron chi connectivity index (χ3n) is 10.2. The lowest BCUT2D eigenvalue weighted by molar-refractivity contribution is -0.159. The zero-order chi connectivity index (χ0) is 32.0. The Hall–Kier alpha value is -3.83. The number of aromatic nitrogens is 1. The number of rotatable bonds is 4. The number of amides is 1. The van der Waals surface area contributed by atoms with Gasteiger partial charge in [0.25, 0.3) is 5.91 Å². The first-order valence-electron chi connectivity index (χ1n) is 15.9. The van der Waals surface area contributed by atoms with Gasteiger partial charge in [-0.05, 0) is 69.7 Å². The molecule has 11 heteroatoms. The summed E-state index contributed by atoms with van der Waals surface area (Å²) in [5, 5.41) is 2.09. The van der Waals surface area contributed by atoms with E-state index < -0.39 is 35.8 Å². The van der Waals surface area contributed by atoms with Gasteiger partial charge in [0.2, 0.25) is 18.0 Å². The highest BCUT2D eigenvalue weighted by molar-refractivity contribution is 7.98. The molecule has 2 aromatic carbocycles. The van der Waals surface area contributed by atoms with Crippen LogP contribution < -0.4 is 15.2 Å². The monoisotopic (exact) mass is 645 g/mol. The van der Waals surface area contributed by atoms with Gasteiger partial charge in [-0.15, -0.1) is 11.8 Å². The summed E-state index contributed by atoms with van der Waals surface area (Å²) in [5.41, 5.74) is 0.719. The molecule has 0 N–H and O–H groups in total. The van der Waals surface area contributed by atoms with Crippen LogP contribution >= 0.6 is 11.8 Å². The van der Waals surface area contributed by atoms with Gasteiger partial charge < -0.3 is 19.1 Å². The molecule has 240 valence electrons. The Labute approximate surface area is 270 Å². The standard InChI is InChI=1S/C35H36FN3O6S/c1-34(2,3)33(42)44-19-43-30-25(40)12-15-38-29(30)32(41)37-16-14-35-13-11-21(45-35)17-23(35)31(37)39(38)28-22-8-4-5-10-26(22)46-18-20-7-6-9-24(36)27(20)28/h4-10,12,15,21,23,28,31H,11,13-14,16-19H2,1-3H3/t21-,23+,28?,31+,35-/m0/s1. The molecule has 0 radical (unpaired) electrons. The van der Waals surface area contributed by atoms with E-state index in [1.54, 1.807) is 49.5 Å². The molecule has 9 nitrogen and oxygen atoms in total. The van der Waals surface area contributed by atoms with E-state index in [2.05, 4.69) is 11.1 Å². The van der Waals surface area contributed by atoms with Crippen LogP contribution in [0.2, 0.25) is 0 Å². The second-order valence-corrected chi connectivity index (χ2v) is 14.9. The quantitative estimate of drug-likeness (QED) is 0.277. The van der Waals surface area contributed by atoms with Gasteiger partial charge in [0.05, 0.1) is 17.1 Å². The zero-order valence-electron chi connectivity index (χ0n) is 26.0. The van der Waals surface area contributed by atoms with Crippen molar-refractivity contribution in [2.75, 3.05) is 18.3 Å². The van der Waals surface area contributed by atoms with Crippen LogP contribution in [0, 0.1) is 17.2 Å². The molecular weight excluding hydrogens is 609 g/mol. The minimum Gasteiger partial charge on any atom is -0.451 e. The van der Waals surface area contributed by atoms with Gasteiger partial charge in [0.1, 0.15) is 18.0 Å². The Morgan fingerprint density at radius 1 is 1.11 bits per heavy atom. The Balaban J connectivity index is 1.34. The molecule has 0 saturated carbocycles. The van der Waals surface area contributed by atoms with E-state index in [0.717, 1.165) is 35.3 Å². The molecule has 1 unspecified atom stereocenters. The molecule has 5 atom stereocenters. The highest BCUT2D eigenvalue weighted by atomic mass is 32.2. The highest BCUT2D eigenvalue weighted by Gasteiger charge is 2.63. The number of pyridine rings is 1. The van der Waals surface area contributed by atoms with Gasteiger partial charge in [-0.3, -0.25) is 24.1 Å². The van der Waals surface area contributed by atoms with E-state index in [0.29, 0.717) is 24.3 Å². The normalized spacial score (nSPS) is 27.6. The molecule has 3 aromatic rings. The van der Waals surface area contributed by atoms with Crippen LogP contribution in [-0.4, -0.2) is 52.7 Å². The average molecular weight is 646 g/mol. The molecule has 46 heavy (non-hydrogen) atoms. The second kappa shape index (κ2) is 10.6. The van der Waals surface area contributed by atoms with Crippen molar-refractivity contribution in [2.24, 2.45) is 11.3 Å². The van der Waals surface area contributed by atoms with Crippen molar-refractivity contribution < 1.29 is 28.2 Å². The van der Waals surface area contributed by atoms with E-state index >= 15 is 4.39 Å². The topological polar surface area (TPSA) is 90.3 Å². The van der Waals surface area contributed by atoms with Crippen molar-refractivity contribution in [3.8, 4) is 5.75 Å². The minimum absolute atomic E-state index is 0.0214. The summed E-state index contributed by atoms with van der Waals surface area (Å²) in [5.74, 6) is -0.808. The third-order valence-corrected chi connectivity index (χ3v) is 11.4. The molecular formula is C35H36FN3O6S. The van der Waals surface area contributed by atoms with E-state index in [-0.39, 0.29) is 40.8 Å². The predicted octanol–water partition coefficient (Wildman–Crippen LogP) is 5.37. The van der Waals surface area contributed by atoms with Crippen molar-refractivity contribution in [3.63, 3.8) is 0 Å². The smallest absolute Gasteiger partial charge is 0.314 e. The van der Waals surface area contributed by atoms with Crippen LogP contribution in [0.1, 0.15) is 79.7 Å². The summed E-state index contributed by atoms with van der Waals surface area (Å²) in [6, 6.07) is 13.9. The zero-order valence-corrected chi connectivity index (χ0v) is 26.8. The Kier molecular flexibility index (Phi) is 6.81. The Morgan fingerprint density at radius 3 is 2.74 bits per heavy atom. The summed E-state index contributed by atoms with van der Waals surface area (Å²) >= 11 is 1.66. The van der Waals surface area contributed by atoms with Crippen LogP contribution in [0.15, 0.2) is 64.4 Å². The van der Waals surface area contributed by atoms with E-state index in [9.17, 15) is 14.4 Å². The van der Waals surface area contributed by atoms with Crippen LogP contribution in [0.3, 0.4) is 0 Å². The van der Waals surface area contributed by atoms with Crippen LogP contribution in [0.5, 0.6) is 5.75 Å². The fraction of sp³-hybridized carbons (Fsp3) is 0.457. The summed E-state index contributed by atoms with van der Waals surface area (Å²) in [7, 11) is 0. The van der Waals surface area contributed by atoms with Gasteiger partial charge >= 0.3 is 5.97 Å². The molecule has 2 bridgehead atoms. The molecule has 6 heterocycles. The fourth-order valence-corrected chi connectivity index (χ4v) is 9.22. The number of ether oxygens (including phenoxy) is 3. The maximum atomic E-state index is 16.3. The molecule has 3 fully saturated rings. The predicted molar refractivity (Wildman–Crippen MR) is 169 cm³/mol. The number of hydrogen-bond donors (Lipinski definition) is 0. The van der Waals surface area contributed by atoms with E-state index in [1.165, 1.54) is 12.1 Å². The minimum atomic E-state index is -0.775. The molecule has 1 spiro atoms. The van der Waals surface area contributed by atoms with Crippen molar-refractivity contribution >= 4 is 23.6 Å². The third kappa shape index (κ3) is 4.41. The average Bonchev–Trinajstić information content (AvgIpc) is 3.56. The van der Waals surface area contributed by atoms with Crippen molar-refractivity contribution in [3.05, 3.63) is 93.2 Å². The summed E-state index contributed by atoms with van der Waals surface area (Å²) < 4.78 is 35.8. The van der Waals surface area contributed by atoms with Gasteiger partial charge in [0.15, 0.2) is 5.69 Å². The van der Waals surface area contributed by atoms with Crippen LogP contribution in [-0.2, 0) is 20.0 Å². The van der Waals surface area contributed by atoms with E-state index in [1.807, 2.05) is 29.2 Å². The number of halogens is 1. The fourth-order valence-electron chi connectivity index (χ4n) is 8.14. The maximum absolute atomic E-state index is 16.3. The first-order chi connectivity index (χ1) is 22.1. The lowest BCUT2D eigenvalue weighted by Crippen LogP contribution is -2.70. The van der Waals surface area contributed by atoms with Crippen LogP contribution in [0.25, 0.3) is 0 Å². The number of carbonyl (C=O) groups is 2. The molecule has 5 aliphatic heterocycles. The number of thioether (sulfide) groups is 1. The summed E-state index contributed by atoms with van der Waals surface area (Å²) in [4.78, 5) is 43.3. The largest absolute Gasteiger partial charge is 0.451 e. The van der Waals surface area contributed by atoms with Crippen LogP contribution in [0.4, 0.5) is 4.39 Å².